The highest BCUT2D eigenvalue weighted by Gasteiger charge is 2.25. The summed E-state index contributed by atoms with van der Waals surface area (Å²) in [6, 6.07) is 10.9. The third-order valence-corrected chi connectivity index (χ3v) is 4.27. The van der Waals surface area contributed by atoms with Gasteiger partial charge in [-0.1, -0.05) is 6.07 Å². The van der Waals surface area contributed by atoms with Crippen molar-refractivity contribution in [3.8, 4) is 11.6 Å². The van der Waals surface area contributed by atoms with Crippen LogP contribution in [0.3, 0.4) is 0 Å². The molecule has 1 fully saturated rings. The zero-order valence-electron chi connectivity index (χ0n) is 14.0. The zero-order chi connectivity index (χ0) is 17.8. The summed E-state index contributed by atoms with van der Waals surface area (Å²) < 4.78 is 7.35. The molecule has 0 N–H and O–H groups in total. The van der Waals surface area contributed by atoms with E-state index in [-0.39, 0.29) is 12.0 Å². The van der Waals surface area contributed by atoms with Crippen LogP contribution in [0, 0.1) is 0 Å². The van der Waals surface area contributed by atoms with E-state index in [1.165, 1.54) is 11.0 Å². The second-order valence-corrected chi connectivity index (χ2v) is 5.98. The van der Waals surface area contributed by atoms with Crippen LogP contribution in [-0.4, -0.2) is 60.4 Å². The lowest BCUT2D eigenvalue weighted by molar-refractivity contribution is 0.0586. The number of piperidine rings is 1. The van der Waals surface area contributed by atoms with Crippen LogP contribution in [0.4, 0.5) is 0 Å². The lowest BCUT2D eigenvalue weighted by Gasteiger charge is -2.32. The van der Waals surface area contributed by atoms with Crippen LogP contribution in [0.1, 0.15) is 23.2 Å². The van der Waals surface area contributed by atoms with E-state index in [1.54, 1.807) is 30.5 Å². The largest absolute Gasteiger partial charge is 0.473 e. The van der Waals surface area contributed by atoms with Gasteiger partial charge in [0.2, 0.25) is 5.88 Å². The van der Waals surface area contributed by atoms with Gasteiger partial charge in [0.15, 0.2) is 0 Å². The standard InChI is InChI=1S/C17H17N7O2/c25-17(13-3-1-4-14(11-13)24-12-19-21-22-24)23-9-6-15(7-10-23)26-16-5-2-8-18-20-16/h1-5,8,11-12,15H,6-7,9-10H2. The van der Waals surface area contributed by atoms with Crippen molar-refractivity contribution in [3.05, 3.63) is 54.5 Å². The fourth-order valence-corrected chi connectivity index (χ4v) is 2.94. The number of nitrogens with zero attached hydrogens (tertiary/aromatic N) is 7. The summed E-state index contributed by atoms with van der Waals surface area (Å²) >= 11 is 0. The molecule has 1 aromatic carbocycles. The first-order valence-corrected chi connectivity index (χ1v) is 8.37. The van der Waals surface area contributed by atoms with E-state index >= 15 is 0 Å². The highest BCUT2D eigenvalue weighted by atomic mass is 16.5. The molecule has 3 heterocycles. The Morgan fingerprint density at radius 2 is 2.00 bits per heavy atom. The Morgan fingerprint density at radius 3 is 2.73 bits per heavy atom. The summed E-state index contributed by atoms with van der Waals surface area (Å²) in [5.74, 6) is 0.518. The maximum atomic E-state index is 12.8. The molecule has 1 amide bonds. The van der Waals surface area contributed by atoms with Crippen LogP contribution in [-0.2, 0) is 0 Å². The summed E-state index contributed by atoms with van der Waals surface area (Å²) in [7, 11) is 0. The number of carbonyl (C=O) groups excluding carboxylic acids is 1. The molecule has 9 nitrogen and oxygen atoms in total. The minimum Gasteiger partial charge on any atom is -0.473 e. The maximum Gasteiger partial charge on any atom is 0.253 e. The van der Waals surface area contributed by atoms with Gasteiger partial charge in [-0.3, -0.25) is 4.79 Å². The third kappa shape index (κ3) is 3.51. The first kappa shape index (κ1) is 16.1. The first-order valence-electron chi connectivity index (χ1n) is 8.37. The molecule has 2 aromatic heterocycles. The molecule has 132 valence electrons. The molecule has 0 unspecified atom stereocenters. The van der Waals surface area contributed by atoms with Crippen molar-refractivity contribution < 1.29 is 9.53 Å². The zero-order valence-corrected chi connectivity index (χ0v) is 14.0. The Balaban J connectivity index is 1.39. The van der Waals surface area contributed by atoms with Crippen molar-refractivity contribution in [2.45, 2.75) is 18.9 Å². The van der Waals surface area contributed by atoms with Crippen molar-refractivity contribution in [2.24, 2.45) is 0 Å². The minimum atomic E-state index is -0.00197. The van der Waals surface area contributed by atoms with E-state index in [4.69, 9.17) is 4.74 Å². The number of benzene rings is 1. The Labute approximate surface area is 149 Å². The molecule has 0 bridgehead atoms. The van der Waals surface area contributed by atoms with Crippen molar-refractivity contribution >= 4 is 5.91 Å². The minimum absolute atomic E-state index is 0.00197. The fraction of sp³-hybridized carbons (Fsp3) is 0.294. The molecule has 4 rings (SSSR count). The average molecular weight is 351 g/mol. The van der Waals surface area contributed by atoms with Gasteiger partial charge in [0, 0.05) is 43.8 Å². The Morgan fingerprint density at radius 1 is 1.12 bits per heavy atom. The molecule has 9 heteroatoms. The number of amides is 1. The number of hydrogen-bond donors (Lipinski definition) is 0. The van der Waals surface area contributed by atoms with Gasteiger partial charge in [-0.25, -0.2) is 4.68 Å². The highest BCUT2D eigenvalue weighted by molar-refractivity contribution is 5.94. The molecule has 1 saturated heterocycles. The topological polar surface area (TPSA) is 98.9 Å². The Bertz CT molecular complexity index is 862. The van der Waals surface area contributed by atoms with Gasteiger partial charge in [-0.2, -0.15) is 5.10 Å². The summed E-state index contributed by atoms with van der Waals surface area (Å²) in [5.41, 5.74) is 1.37. The number of likely N-dealkylation sites (tertiary alicyclic amines) is 1. The van der Waals surface area contributed by atoms with Gasteiger partial charge in [0.25, 0.3) is 5.91 Å². The van der Waals surface area contributed by atoms with Gasteiger partial charge in [-0.15, -0.1) is 10.2 Å². The van der Waals surface area contributed by atoms with Crippen LogP contribution in [0.15, 0.2) is 48.9 Å². The van der Waals surface area contributed by atoms with Crippen LogP contribution < -0.4 is 4.74 Å². The van der Waals surface area contributed by atoms with E-state index < -0.39 is 0 Å². The molecule has 0 radical (unpaired) electrons. The second kappa shape index (κ2) is 7.26. The summed E-state index contributed by atoms with van der Waals surface area (Å²) in [5, 5.41) is 18.8. The number of ether oxygens (including phenoxy) is 1. The number of rotatable bonds is 4. The third-order valence-electron chi connectivity index (χ3n) is 4.27. The number of carbonyl (C=O) groups is 1. The molecule has 0 saturated carbocycles. The van der Waals surface area contributed by atoms with Gasteiger partial charge >= 0.3 is 0 Å². The maximum absolute atomic E-state index is 12.8. The summed E-state index contributed by atoms with van der Waals surface area (Å²) in [4.78, 5) is 14.6. The van der Waals surface area contributed by atoms with E-state index in [9.17, 15) is 4.79 Å². The van der Waals surface area contributed by atoms with E-state index in [2.05, 4.69) is 25.7 Å². The first-order chi connectivity index (χ1) is 12.8. The van der Waals surface area contributed by atoms with Crippen molar-refractivity contribution in [1.82, 2.24) is 35.3 Å². The predicted molar refractivity (Wildman–Crippen MR) is 90.7 cm³/mol. The van der Waals surface area contributed by atoms with Gasteiger partial charge in [0.1, 0.15) is 12.4 Å². The Kier molecular flexibility index (Phi) is 4.50. The molecular weight excluding hydrogens is 334 g/mol. The van der Waals surface area contributed by atoms with Crippen molar-refractivity contribution in [1.29, 1.82) is 0 Å². The van der Waals surface area contributed by atoms with E-state index in [1.807, 2.05) is 17.0 Å². The average Bonchev–Trinajstić information content (AvgIpc) is 3.24. The monoisotopic (exact) mass is 351 g/mol. The molecule has 3 aromatic rings. The molecule has 1 aliphatic heterocycles. The van der Waals surface area contributed by atoms with Gasteiger partial charge < -0.3 is 9.64 Å². The second-order valence-electron chi connectivity index (χ2n) is 5.98. The summed E-state index contributed by atoms with van der Waals surface area (Å²) in [6.45, 7) is 1.28. The SMILES string of the molecule is O=C(c1cccc(-n2cnnn2)c1)N1CCC(Oc2cccnn2)CC1. The smallest absolute Gasteiger partial charge is 0.253 e. The lowest BCUT2D eigenvalue weighted by atomic mass is 10.1. The van der Waals surface area contributed by atoms with Crippen LogP contribution in [0.2, 0.25) is 0 Å². The summed E-state index contributed by atoms with van der Waals surface area (Å²) in [6.07, 6.45) is 4.67. The van der Waals surface area contributed by atoms with Crippen molar-refractivity contribution in [3.63, 3.8) is 0 Å². The van der Waals surface area contributed by atoms with E-state index in [0.29, 0.717) is 24.5 Å². The molecular formula is C17H17N7O2. The van der Waals surface area contributed by atoms with Gasteiger partial charge in [0.05, 0.1) is 5.69 Å². The van der Waals surface area contributed by atoms with E-state index in [0.717, 1.165) is 18.5 Å². The molecule has 0 atom stereocenters. The van der Waals surface area contributed by atoms with Crippen LogP contribution >= 0.6 is 0 Å². The van der Waals surface area contributed by atoms with Crippen LogP contribution in [0.25, 0.3) is 5.69 Å². The molecule has 0 spiro atoms. The normalized spacial score (nSPS) is 15.0. The molecule has 0 aliphatic carbocycles. The predicted octanol–water partition coefficient (Wildman–Crippen LogP) is 1.14. The lowest BCUT2D eigenvalue weighted by Crippen LogP contribution is -2.41. The quantitative estimate of drug-likeness (QED) is 0.695. The number of hydrogen-bond acceptors (Lipinski definition) is 7. The molecule has 26 heavy (non-hydrogen) atoms. The van der Waals surface area contributed by atoms with Crippen LogP contribution in [0.5, 0.6) is 5.88 Å². The number of aromatic nitrogens is 6. The molecule has 1 aliphatic rings. The fourth-order valence-electron chi connectivity index (χ4n) is 2.94. The number of tetrazole rings is 1. The highest BCUT2D eigenvalue weighted by Crippen LogP contribution is 2.19. The van der Waals surface area contributed by atoms with Crippen molar-refractivity contribution in [2.75, 3.05) is 13.1 Å². The van der Waals surface area contributed by atoms with Gasteiger partial charge in [-0.05, 0) is 34.7 Å². The Hall–Kier alpha value is -3.36.